The highest BCUT2D eigenvalue weighted by Gasteiger charge is 2.27. The van der Waals surface area contributed by atoms with Crippen LogP contribution in [-0.2, 0) is 0 Å². The van der Waals surface area contributed by atoms with Gasteiger partial charge >= 0.3 is 0 Å². The number of benzene rings is 1. The van der Waals surface area contributed by atoms with Crippen molar-refractivity contribution in [3.8, 4) is 0 Å². The number of nitrogens with one attached hydrogen (secondary N) is 1. The van der Waals surface area contributed by atoms with Crippen molar-refractivity contribution in [3.05, 3.63) is 48.2 Å². The van der Waals surface area contributed by atoms with E-state index in [1.54, 1.807) is 6.20 Å². The number of rotatable bonds is 2. The predicted molar refractivity (Wildman–Crippen MR) is 87.2 cm³/mol. The molecule has 1 aliphatic rings. The third-order valence-electron chi connectivity index (χ3n) is 4.65. The van der Waals surface area contributed by atoms with E-state index in [0.717, 1.165) is 48.2 Å². The highest BCUT2D eigenvalue weighted by atomic mass is 16.2. The van der Waals surface area contributed by atoms with Crippen LogP contribution < -0.4 is 0 Å². The van der Waals surface area contributed by atoms with Gasteiger partial charge in [0.2, 0.25) is 0 Å². The number of imidazole rings is 1. The number of nitrogens with zero attached hydrogens (tertiary/aromatic N) is 4. The summed E-state index contributed by atoms with van der Waals surface area (Å²) in [5, 5.41) is 7.86. The number of hydrogen-bond donors (Lipinski definition) is 1. The number of carbonyl (C=O) groups is 1. The Hall–Kier alpha value is -2.63. The highest BCUT2D eigenvalue weighted by molar-refractivity contribution is 6.06. The Bertz CT molecular complexity index is 849. The van der Waals surface area contributed by atoms with Gasteiger partial charge in [-0.15, -0.1) is 0 Å². The maximum atomic E-state index is 13.0. The van der Waals surface area contributed by atoms with Crippen molar-refractivity contribution in [2.75, 3.05) is 13.1 Å². The van der Waals surface area contributed by atoms with Gasteiger partial charge in [0.1, 0.15) is 5.82 Å². The molecular formula is C17H19N5O. The number of amides is 1. The van der Waals surface area contributed by atoms with Crippen molar-refractivity contribution in [1.29, 1.82) is 0 Å². The molecule has 118 valence electrons. The first kappa shape index (κ1) is 14.0. The fourth-order valence-corrected chi connectivity index (χ4v) is 3.46. The average Bonchev–Trinajstić information content (AvgIpc) is 3.22. The number of carbonyl (C=O) groups excluding carboxylic acids is 1. The SMILES string of the molecule is Cc1nccn1[C@@H]1CCCN(C(=O)c2cccc3[nH]ncc23)C1. The molecule has 0 saturated carbocycles. The maximum absolute atomic E-state index is 13.0. The Balaban J connectivity index is 1.61. The standard InChI is InChI=1S/C17H19N5O/c1-12-18-7-9-22(12)13-4-3-8-21(11-13)17(23)14-5-2-6-16-15(14)10-19-20-16/h2,5-7,9-10,13H,3-4,8,11H2,1H3,(H,19,20)/t13-/m1/s1. The van der Waals surface area contributed by atoms with Crippen molar-refractivity contribution in [3.63, 3.8) is 0 Å². The van der Waals surface area contributed by atoms with Gasteiger partial charge in [-0.25, -0.2) is 4.98 Å². The summed E-state index contributed by atoms with van der Waals surface area (Å²) in [6.07, 6.45) is 7.64. The lowest BCUT2D eigenvalue weighted by Gasteiger charge is -2.34. The molecule has 4 rings (SSSR count). The minimum absolute atomic E-state index is 0.0828. The first-order chi connectivity index (χ1) is 11.2. The zero-order chi connectivity index (χ0) is 15.8. The molecule has 1 fully saturated rings. The van der Waals surface area contributed by atoms with E-state index in [0.29, 0.717) is 6.04 Å². The van der Waals surface area contributed by atoms with E-state index in [2.05, 4.69) is 19.7 Å². The van der Waals surface area contributed by atoms with E-state index in [1.807, 2.05) is 42.4 Å². The van der Waals surface area contributed by atoms with Gasteiger partial charge < -0.3 is 9.47 Å². The molecule has 23 heavy (non-hydrogen) atoms. The zero-order valence-corrected chi connectivity index (χ0v) is 13.1. The van der Waals surface area contributed by atoms with Crippen molar-refractivity contribution >= 4 is 16.8 Å². The van der Waals surface area contributed by atoms with E-state index < -0.39 is 0 Å². The van der Waals surface area contributed by atoms with Crippen LogP contribution in [0.3, 0.4) is 0 Å². The fourth-order valence-electron chi connectivity index (χ4n) is 3.46. The molecule has 1 aliphatic heterocycles. The van der Waals surface area contributed by atoms with Gasteiger partial charge in [0.05, 0.1) is 23.3 Å². The molecule has 3 heterocycles. The minimum Gasteiger partial charge on any atom is -0.337 e. The van der Waals surface area contributed by atoms with Gasteiger partial charge in [0.25, 0.3) is 5.91 Å². The largest absolute Gasteiger partial charge is 0.337 e. The molecule has 6 nitrogen and oxygen atoms in total. The van der Waals surface area contributed by atoms with Crippen LogP contribution in [-0.4, -0.2) is 43.6 Å². The Morgan fingerprint density at radius 2 is 2.30 bits per heavy atom. The summed E-state index contributed by atoms with van der Waals surface area (Å²) >= 11 is 0. The number of piperidine rings is 1. The first-order valence-electron chi connectivity index (χ1n) is 7.95. The number of fused-ring (bicyclic) bond motifs is 1. The molecule has 6 heteroatoms. The van der Waals surface area contributed by atoms with Crippen LogP contribution in [0.5, 0.6) is 0 Å². The summed E-state index contributed by atoms with van der Waals surface area (Å²) in [6, 6.07) is 6.02. The maximum Gasteiger partial charge on any atom is 0.254 e. The summed E-state index contributed by atoms with van der Waals surface area (Å²) in [7, 11) is 0. The van der Waals surface area contributed by atoms with Crippen LogP contribution in [0.15, 0.2) is 36.8 Å². The van der Waals surface area contributed by atoms with Crippen LogP contribution in [0.1, 0.15) is 35.1 Å². The van der Waals surface area contributed by atoms with Crippen LogP contribution in [0.4, 0.5) is 0 Å². The van der Waals surface area contributed by atoms with Gasteiger partial charge in [-0.05, 0) is 31.9 Å². The molecule has 1 atom stereocenters. The first-order valence-corrected chi connectivity index (χ1v) is 7.95. The lowest BCUT2D eigenvalue weighted by Crippen LogP contribution is -2.40. The minimum atomic E-state index is 0.0828. The van der Waals surface area contributed by atoms with Crippen molar-refractivity contribution in [1.82, 2.24) is 24.6 Å². The monoisotopic (exact) mass is 309 g/mol. The zero-order valence-electron chi connectivity index (χ0n) is 13.1. The number of aromatic amines is 1. The molecule has 1 aromatic carbocycles. The van der Waals surface area contributed by atoms with Crippen LogP contribution >= 0.6 is 0 Å². The quantitative estimate of drug-likeness (QED) is 0.791. The molecule has 0 spiro atoms. The molecule has 3 aromatic rings. The highest BCUT2D eigenvalue weighted by Crippen LogP contribution is 2.25. The van der Waals surface area contributed by atoms with E-state index in [9.17, 15) is 4.79 Å². The molecule has 1 N–H and O–H groups in total. The number of aryl methyl sites for hydroxylation is 1. The Morgan fingerprint density at radius 3 is 3.13 bits per heavy atom. The fraction of sp³-hybridized carbons (Fsp3) is 0.353. The Labute approximate surface area is 134 Å². The van der Waals surface area contributed by atoms with Gasteiger partial charge in [0.15, 0.2) is 0 Å². The van der Waals surface area contributed by atoms with Gasteiger partial charge in [-0.1, -0.05) is 6.07 Å². The third-order valence-corrected chi connectivity index (χ3v) is 4.65. The van der Waals surface area contributed by atoms with E-state index in [-0.39, 0.29) is 5.91 Å². The van der Waals surface area contributed by atoms with Gasteiger partial charge in [-0.3, -0.25) is 9.89 Å². The van der Waals surface area contributed by atoms with E-state index in [4.69, 9.17) is 0 Å². The smallest absolute Gasteiger partial charge is 0.254 e. The van der Waals surface area contributed by atoms with E-state index in [1.165, 1.54) is 0 Å². The predicted octanol–water partition coefficient (Wildman–Crippen LogP) is 2.55. The molecular weight excluding hydrogens is 290 g/mol. The summed E-state index contributed by atoms with van der Waals surface area (Å²) in [5.74, 6) is 1.08. The second-order valence-corrected chi connectivity index (χ2v) is 6.07. The average molecular weight is 309 g/mol. The summed E-state index contributed by atoms with van der Waals surface area (Å²) in [4.78, 5) is 19.2. The Morgan fingerprint density at radius 1 is 1.39 bits per heavy atom. The van der Waals surface area contributed by atoms with Crippen molar-refractivity contribution in [2.24, 2.45) is 0 Å². The van der Waals surface area contributed by atoms with Crippen LogP contribution in [0.25, 0.3) is 10.9 Å². The van der Waals surface area contributed by atoms with Crippen molar-refractivity contribution in [2.45, 2.75) is 25.8 Å². The Kier molecular flexibility index (Phi) is 3.37. The van der Waals surface area contributed by atoms with Gasteiger partial charge in [-0.2, -0.15) is 5.10 Å². The number of likely N-dealkylation sites (tertiary alicyclic amines) is 1. The number of aromatic nitrogens is 4. The third kappa shape index (κ3) is 2.40. The molecule has 0 radical (unpaired) electrons. The van der Waals surface area contributed by atoms with Gasteiger partial charge in [0, 0.05) is 30.9 Å². The summed E-state index contributed by atoms with van der Waals surface area (Å²) in [6.45, 7) is 3.54. The van der Waals surface area contributed by atoms with Crippen LogP contribution in [0, 0.1) is 6.92 Å². The van der Waals surface area contributed by atoms with Crippen LogP contribution in [0.2, 0.25) is 0 Å². The molecule has 0 bridgehead atoms. The van der Waals surface area contributed by atoms with E-state index >= 15 is 0 Å². The second kappa shape index (κ2) is 5.53. The lowest BCUT2D eigenvalue weighted by atomic mass is 10.0. The lowest BCUT2D eigenvalue weighted by molar-refractivity contribution is 0.0680. The molecule has 2 aromatic heterocycles. The normalized spacial score (nSPS) is 18.5. The number of hydrogen-bond acceptors (Lipinski definition) is 3. The van der Waals surface area contributed by atoms with Crippen molar-refractivity contribution < 1.29 is 4.79 Å². The molecule has 1 amide bonds. The molecule has 1 saturated heterocycles. The topological polar surface area (TPSA) is 66.8 Å². The second-order valence-electron chi connectivity index (χ2n) is 6.07. The summed E-state index contributed by atoms with van der Waals surface area (Å²) < 4.78 is 2.18. The molecule has 0 aliphatic carbocycles. The number of H-pyrrole nitrogens is 1. The molecule has 0 unspecified atom stereocenters. The summed E-state index contributed by atoms with van der Waals surface area (Å²) in [5.41, 5.74) is 1.62.